The first kappa shape index (κ1) is 9.10. The third-order valence-electron chi connectivity index (χ3n) is 1.55. The van der Waals surface area contributed by atoms with Crippen molar-refractivity contribution in [1.29, 1.82) is 0 Å². The first-order valence-corrected chi connectivity index (χ1v) is 4.16. The van der Waals surface area contributed by atoms with E-state index >= 15 is 0 Å². The highest BCUT2D eigenvalue weighted by Crippen LogP contribution is 1.99. The molecule has 3 rings (SSSR count). The van der Waals surface area contributed by atoms with Gasteiger partial charge in [-0.15, -0.1) is 0 Å². The van der Waals surface area contributed by atoms with Gasteiger partial charge in [-0.05, 0) is 6.32 Å². The number of hydrogen-bond acceptors (Lipinski definition) is 5. The van der Waals surface area contributed by atoms with Crippen LogP contribution in [-0.4, -0.2) is 34.0 Å². The third-order valence-corrected chi connectivity index (χ3v) is 1.55. The molecule has 0 unspecified atom stereocenters. The quantitative estimate of drug-likeness (QED) is 0.480. The second-order valence-electron chi connectivity index (χ2n) is 2.54. The van der Waals surface area contributed by atoms with Crippen molar-refractivity contribution in [1.82, 2.24) is 19.9 Å². The highest BCUT2D eigenvalue weighted by Gasteiger charge is 2.00. The fourth-order valence-corrected chi connectivity index (χ4v) is 0.931. The van der Waals surface area contributed by atoms with Crippen LogP contribution in [0.4, 0.5) is 0 Å². The Morgan fingerprint density at radius 1 is 1.43 bits per heavy atom. The highest BCUT2D eigenvalue weighted by molar-refractivity contribution is 6.27. The Bertz CT molecular complexity index is 352. The average Bonchev–Trinajstić information content (AvgIpc) is 2.92. The zero-order chi connectivity index (χ0) is 9.64. The topological polar surface area (TPSA) is 72.9 Å². The SMILES string of the molecule is [B]1CCOO1.c1ncc2[nH]cnc2n1. The number of imidazole rings is 1. The van der Waals surface area contributed by atoms with Crippen molar-refractivity contribution in [3.63, 3.8) is 0 Å². The number of aromatic amines is 1. The first-order chi connectivity index (χ1) is 6.97. The molecule has 6 nitrogen and oxygen atoms in total. The van der Waals surface area contributed by atoms with Crippen LogP contribution in [0.1, 0.15) is 0 Å². The summed E-state index contributed by atoms with van der Waals surface area (Å²) in [6.07, 6.45) is 5.69. The molecule has 0 bridgehead atoms. The van der Waals surface area contributed by atoms with Crippen LogP contribution in [0.25, 0.3) is 11.2 Å². The van der Waals surface area contributed by atoms with Gasteiger partial charge >= 0.3 is 7.48 Å². The number of H-pyrrole nitrogens is 1. The minimum Gasteiger partial charge on any atom is -0.342 e. The number of rotatable bonds is 0. The van der Waals surface area contributed by atoms with Gasteiger partial charge in [-0.1, -0.05) is 0 Å². The molecule has 0 spiro atoms. The Labute approximate surface area is 80.9 Å². The number of hydrogen-bond donors (Lipinski definition) is 1. The van der Waals surface area contributed by atoms with Crippen LogP contribution in [-0.2, 0) is 9.69 Å². The molecule has 0 atom stereocenters. The van der Waals surface area contributed by atoms with E-state index in [4.69, 9.17) is 0 Å². The normalized spacial score (nSPS) is 14.6. The van der Waals surface area contributed by atoms with E-state index in [0.717, 1.165) is 18.4 Å². The number of nitrogens with zero attached hydrogens (tertiary/aromatic N) is 3. The van der Waals surface area contributed by atoms with Crippen molar-refractivity contribution in [3.05, 3.63) is 18.9 Å². The summed E-state index contributed by atoms with van der Waals surface area (Å²) in [6, 6.07) is 0. The zero-order valence-corrected chi connectivity index (χ0v) is 7.38. The van der Waals surface area contributed by atoms with Crippen molar-refractivity contribution in [2.45, 2.75) is 6.32 Å². The molecule has 0 saturated carbocycles. The lowest BCUT2D eigenvalue weighted by atomic mass is 9.99. The summed E-state index contributed by atoms with van der Waals surface area (Å²) in [4.78, 5) is 23.2. The fraction of sp³-hybridized carbons (Fsp3) is 0.286. The van der Waals surface area contributed by atoms with Gasteiger partial charge in [0.25, 0.3) is 0 Å². The lowest BCUT2D eigenvalue weighted by Gasteiger charge is -1.80. The highest BCUT2D eigenvalue weighted by atomic mass is 17.2. The molecule has 2 aromatic heterocycles. The third kappa shape index (κ3) is 2.27. The Hall–Kier alpha value is -1.47. The summed E-state index contributed by atoms with van der Waals surface area (Å²) < 4.78 is 0. The van der Waals surface area contributed by atoms with Gasteiger partial charge in [-0.3, -0.25) is 4.89 Å². The molecule has 0 aromatic carbocycles. The van der Waals surface area contributed by atoms with Crippen LogP contribution < -0.4 is 0 Å². The second-order valence-corrected chi connectivity index (χ2v) is 2.54. The van der Waals surface area contributed by atoms with Crippen molar-refractivity contribution in [2.24, 2.45) is 0 Å². The van der Waals surface area contributed by atoms with E-state index in [2.05, 4.69) is 29.6 Å². The monoisotopic (exact) mass is 191 g/mol. The summed E-state index contributed by atoms with van der Waals surface area (Å²) in [5, 5.41) is 0. The molecule has 71 valence electrons. The first-order valence-electron chi connectivity index (χ1n) is 4.16. The van der Waals surface area contributed by atoms with Crippen molar-refractivity contribution >= 4 is 18.6 Å². The Morgan fingerprint density at radius 2 is 2.43 bits per heavy atom. The van der Waals surface area contributed by atoms with Crippen LogP contribution in [0.15, 0.2) is 18.9 Å². The molecule has 1 N–H and O–H groups in total. The van der Waals surface area contributed by atoms with Crippen molar-refractivity contribution in [3.8, 4) is 0 Å². The zero-order valence-electron chi connectivity index (χ0n) is 7.38. The molecule has 1 radical (unpaired) electrons. The van der Waals surface area contributed by atoms with E-state index < -0.39 is 0 Å². The lowest BCUT2D eigenvalue weighted by molar-refractivity contribution is -0.181. The number of aromatic nitrogens is 4. The van der Waals surface area contributed by atoms with Gasteiger partial charge < -0.3 is 9.79 Å². The molecule has 1 fully saturated rings. The van der Waals surface area contributed by atoms with Gasteiger partial charge in [-0.2, -0.15) is 0 Å². The van der Waals surface area contributed by atoms with E-state index in [1.54, 1.807) is 20.0 Å². The van der Waals surface area contributed by atoms with E-state index in [9.17, 15) is 0 Å². The predicted molar refractivity (Wildman–Crippen MR) is 49.3 cm³/mol. The Balaban J connectivity index is 0.000000128. The smallest absolute Gasteiger partial charge is 0.342 e. The molecular formula is C7H8BN4O2. The van der Waals surface area contributed by atoms with Crippen LogP contribution >= 0.6 is 0 Å². The van der Waals surface area contributed by atoms with Gasteiger partial charge in [0.1, 0.15) is 11.8 Å². The summed E-state index contributed by atoms with van der Waals surface area (Å²) >= 11 is 0. The molecule has 1 aliphatic heterocycles. The molecule has 2 aromatic rings. The summed E-state index contributed by atoms with van der Waals surface area (Å²) in [7, 11) is 1.64. The summed E-state index contributed by atoms with van der Waals surface area (Å²) in [5.74, 6) is 0. The van der Waals surface area contributed by atoms with Crippen molar-refractivity contribution in [2.75, 3.05) is 6.61 Å². The van der Waals surface area contributed by atoms with Gasteiger partial charge in [0.15, 0.2) is 5.65 Å². The fourth-order valence-electron chi connectivity index (χ4n) is 0.931. The average molecular weight is 191 g/mol. The van der Waals surface area contributed by atoms with E-state index in [1.807, 2.05) is 0 Å². The van der Waals surface area contributed by atoms with E-state index in [-0.39, 0.29) is 0 Å². The standard InChI is InChI=1S/C5H4N4.C2H4BO2/c1-4-5(8-2-6-1)9-3-7-4;1-2-4-5-3-1/h1-3H,(H,6,7,8,9);1-2H2. The summed E-state index contributed by atoms with van der Waals surface area (Å²) in [6.45, 7) is 0.722. The molecule has 0 aliphatic carbocycles. The molecule has 1 aliphatic rings. The largest absolute Gasteiger partial charge is 0.346 e. The minimum absolute atomic E-state index is 0.713. The van der Waals surface area contributed by atoms with Crippen LogP contribution in [0.3, 0.4) is 0 Å². The van der Waals surface area contributed by atoms with Gasteiger partial charge in [0, 0.05) is 0 Å². The Morgan fingerprint density at radius 3 is 3.07 bits per heavy atom. The molecule has 7 heteroatoms. The van der Waals surface area contributed by atoms with E-state index in [1.165, 1.54) is 6.33 Å². The van der Waals surface area contributed by atoms with Crippen LogP contribution in [0.5, 0.6) is 0 Å². The molecule has 0 amide bonds. The maximum atomic E-state index is 4.39. The maximum absolute atomic E-state index is 4.39. The van der Waals surface area contributed by atoms with Gasteiger partial charge in [0.05, 0.1) is 19.1 Å². The van der Waals surface area contributed by atoms with Crippen LogP contribution in [0.2, 0.25) is 6.32 Å². The lowest BCUT2D eigenvalue weighted by Crippen LogP contribution is -1.78. The molecule has 14 heavy (non-hydrogen) atoms. The minimum atomic E-state index is 0.713. The molecule has 3 heterocycles. The van der Waals surface area contributed by atoms with Gasteiger partial charge in [0.2, 0.25) is 0 Å². The Kier molecular flexibility index (Phi) is 3.04. The molecular weight excluding hydrogens is 183 g/mol. The van der Waals surface area contributed by atoms with Crippen molar-refractivity contribution < 1.29 is 9.69 Å². The maximum Gasteiger partial charge on any atom is 0.346 e. The van der Waals surface area contributed by atoms with Gasteiger partial charge in [-0.25, -0.2) is 15.0 Å². The number of fused-ring (bicyclic) bond motifs is 1. The number of nitrogens with one attached hydrogen (secondary N) is 1. The van der Waals surface area contributed by atoms with Crippen LogP contribution in [0, 0.1) is 0 Å². The molecule has 1 saturated heterocycles. The summed E-state index contributed by atoms with van der Waals surface area (Å²) in [5.41, 5.74) is 1.59. The second kappa shape index (κ2) is 4.68. The predicted octanol–water partition coefficient (Wildman–Crippen LogP) is 0.339. The van der Waals surface area contributed by atoms with E-state index in [0.29, 0.717) is 5.65 Å².